The predicted molar refractivity (Wildman–Crippen MR) is 88.5 cm³/mol. The first kappa shape index (κ1) is 15.9. The van der Waals surface area contributed by atoms with E-state index in [0.717, 1.165) is 36.5 Å². The molecule has 0 heterocycles. The van der Waals surface area contributed by atoms with Crippen LogP contribution >= 0.6 is 0 Å². The molecule has 130 valence electrons. The molecule has 0 saturated heterocycles. The molecule has 0 aliphatic heterocycles. The average molecular weight is 320 g/mol. The van der Waals surface area contributed by atoms with Gasteiger partial charge in [-0.25, -0.2) is 0 Å². The summed E-state index contributed by atoms with van der Waals surface area (Å²) in [4.78, 5) is 12.5. The minimum atomic E-state index is -0.207. The van der Waals surface area contributed by atoms with Gasteiger partial charge in [-0.3, -0.25) is 4.79 Å². The van der Waals surface area contributed by atoms with Gasteiger partial charge in [0.15, 0.2) is 6.79 Å². The maximum atomic E-state index is 12.5. The molecule has 5 fully saturated rings. The first-order valence-corrected chi connectivity index (χ1v) is 9.76. The summed E-state index contributed by atoms with van der Waals surface area (Å²) < 4.78 is 11.7. The van der Waals surface area contributed by atoms with Gasteiger partial charge in [0.25, 0.3) is 0 Å². The molecular weight excluding hydrogens is 288 g/mol. The Labute approximate surface area is 140 Å². The molecule has 0 spiro atoms. The summed E-state index contributed by atoms with van der Waals surface area (Å²) in [6.07, 6.45) is 9.14. The number of carbonyl (C=O) groups excluding carboxylic acids is 1. The second kappa shape index (κ2) is 5.75. The molecule has 4 bridgehead atoms. The van der Waals surface area contributed by atoms with Crippen molar-refractivity contribution in [3.05, 3.63) is 0 Å². The normalized spacial score (nSPS) is 47.1. The Morgan fingerprint density at radius 1 is 1.09 bits per heavy atom. The summed E-state index contributed by atoms with van der Waals surface area (Å²) in [6.45, 7) is 6.72. The molecule has 0 aromatic rings. The largest absolute Gasteiger partial charge is 0.438 e. The first-order chi connectivity index (χ1) is 11.0. The van der Waals surface area contributed by atoms with Crippen LogP contribution in [0.4, 0.5) is 0 Å². The fourth-order valence-electron chi connectivity index (χ4n) is 6.33. The summed E-state index contributed by atoms with van der Waals surface area (Å²) in [5.41, 5.74) is -0.207. The Bertz CT molecular complexity index is 444. The van der Waals surface area contributed by atoms with Gasteiger partial charge in [0.2, 0.25) is 0 Å². The second-order valence-electron chi connectivity index (χ2n) is 9.47. The highest BCUT2D eigenvalue weighted by atomic mass is 16.7. The van der Waals surface area contributed by atoms with Crippen molar-refractivity contribution in [2.75, 3.05) is 6.79 Å². The van der Waals surface area contributed by atoms with Crippen molar-refractivity contribution in [1.29, 1.82) is 0 Å². The number of carbonyl (C=O) groups is 1. The van der Waals surface area contributed by atoms with E-state index in [4.69, 9.17) is 9.47 Å². The molecule has 3 heteroatoms. The molecule has 2 atom stereocenters. The summed E-state index contributed by atoms with van der Waals surface area (Å²) in [5.74, 6) is 4.38. The van der Waals surface area contributed by atoms with Gasteiger partial charge >= 0.3 is 5.97 Å². The minimum absolute atomic E-state index is 0.0116. The number of rotatable bonds is 6. The van der Waals surface area contributed by atoms with Gasteiger partial charge in [-0.2, -0.15) is 0 Å². The highest BCUT2D eigenvalue weighted by Gasteiger charge is 2.58. The molecule has 0 amide bonds. The van der Waals surface area contributed by atoms with E-state index >= 15 is 0 Å². The number of hydrogen-bond acceptors (Lipinski definition) is 3. The lowest BCUT2D eigenvalue weighted by molar-refractivity contribution is -0.191. The third-order valence-electron chi connectivity index (χ3n) is 7.22. The monoisotopic (exact) mass is 320 g/mol. The van der Waals surface area contributed by atoms with Gasteiger partial charge in [-0.05, 0) is 80.5 Å². The summed E-state index contributed by atoms with van der Waals surface area (Å²) >= 11 is 0. The molecule has 5 aliphatic rings. The summed E-state index contributed by atoms with van der Waals surface area (Å²) in [6, 6.07) is 0. The lowest BCUT2D eigenvalue weighted by atomic mass is 9.55. The molecule has 5 rings (SSSR count). The Morgan fingerprint density at radius 2 is 1.65 bits per heavy atom. The molecule has 23 heavy (non-hydrogen) atoms. The summed E-state index contributed by atoms with van der Waals surface area (Å²) in [7, 11) is 0. The van der Waals surface area contributed by atoms with Crippen molar-refractivity contribution in [2.45, 2.75) is 71.8 Å². The number of hydrogen-bond donors (Lipinski definition) is 0. The molecular formula is C20H32O3. The van der Waals surface area contributed by atoms with Gasteiger partial charge < -0.3 is 9.47 Å². The van der Waals surface area contributed by atoms with Gasteiger partial charge in [0.05, 0.1) is 11.5 Å². The molecule has 0 N–H and O–H groups in total. The SMILES string of the molecule is CC(C)CC1(C(=O)OCOC2C3CC4CC(C3)CC2C4)CC1C. The van der Waals surface area contributed by atoms with Crippen LogP contribution in [0.3, 0.4) is 0 Å². The first-order valence-electron chi connectivity index (χ1n) is 9.76. The molecule has 0 aromatic carbocycles. The van der Waals surface area contributed by atoms with E-state index in [1.165, 1.54) is 32.1 Å². The Balaban J connectivity index is 1.28. The third-order valence-corrected chi connectivity index (χ3v) is 7.22. The van der Waals surface area contributed by atoms with Crippen LogP contribution in [-0.4, -0.2) is 18.9 Å². The van der Waals surface area contributed by atoms with Crippen LogP contribution in [0.5, 0.6) is 0 Å². The van der Waals surface area contributed by atoms with Crippen molar-refractivity contribution in [3.63, 3.8) is 0 Å². The van der Waals surface area contributed by atoms with Crippen LogP contribution in [-0.2, 0) is 14.3 Å². The van der Waals surface area contributed by atoms with E-state index in [-0.39, 0.29) is 18.2 Å². The maximum absolute atomic E-state index is 12.5. The molecule has 0 aromatic heterocycles. The molecule has 0 radical (unpaired) electrons. The zero-order chi connectivity index (χ0) is 16.2. The molecule has 2 unspecified atom stereocenters. The second-order valence-corrected chi connectivity index (χ2v) is 9.47. The van der Waals surface area contributed by atoms with Gasteiger partial charge in [0, 0.05) is 0 Å². The number of ether oxygens (including phenoxy) is 2. The van der Waals surface area contributed by atoms with Gasteiger partial charge in [-0.1, -0.05) is 20.8 Å². The van der Waals surface area contributed by atoms with Crippen LogP contribution in [0.1, 0.15) is 65.7 Å². The van der Waals surface area contributed by atoms with E-state index in [2.05, 4.69) is 20.8 Å². The highest BCUT2D eigenvalue weighted by molar-refractivity contribution is 5.80. The lowest BCUT2D eigenvalue weighted by Crippen LogP contribution is -2.49. The zero-order valence-corrected chi connectivity index (χ0v) is 14.9. The van der Waals surface area contributed by atoms with Gasteiger partial charge in [-0.15, -0.1) is 0 Å². The van der Waals surface area contributed by atoms with E-state index in [0.29, 0.717) is 17.9 Å². The van der Waals surface area contributed by atoms with E-state index in [1.807, 2.05) is 0 Å². The topological polar surface area (TPSA) is 35.5 Å². The minimum Gasteiger partial charge on any atom is -0.438 e. The molecule has 3 nitrogen and oxygen atoms in total. The smallest absolute Gasteiger partial charge is 0.314 e. The van der Waals surface area contributed by atoms with Crippen LogP contribution < -0.4 is 0 Å². The quantitative estimate of drug-likeness (QED) is 0.537. The molecule has 5 saturated carbocycles. The van der Waals surface area contributed by atoms with Crippen molar-refractivity contribution >= 4 is 5.97 Å². The highest BCUT2D eigenvalue weighted by Crippen LogP contribution is 2.57. The Morgan fingerprint density at radius 3 is 2.13 bits per heavy atom. The fourth-order valence-corrected chi connectivity index (χ4v) is 6.33. The maximum Gasteiger partial charge on any atom is 0.314 e. The van der Waals surface area contributed by atoms with Crippen molar-refractivity contribution < 1.29 is 14.3 Å². The van der Waals surface area contributed by atoms with Crippen LogP contribution in [0.25, 0.3) is 0 Å². The predicted octanol–water partition coefficient (Wildman–Crippen LogP) is 4.40. The lowest BCUT2D eigenvalue weighted by Gasteiger charge is -2.53. The number of esters is 1. The molecule has 5 aliphatic carbocycles. The van der Waals surface area contributed by atoms with E-state index < -0.39 is 0 Å². The fraction of sp³-hybridized carbons (Fsp3) is 0.950. The van der Waals surface area contributed by atoms with Crippen LogP contribution in [0, 0.1) is 40.9 Å². The van der Waals surface area contributed by atoms with Crippen molar-refractivity contribution in [1.82, 2.24) is 0 Å². The van der Waals surface area contributed by atoms with Crippen molar-refractivity contribution in [3.8, 4) is 0 Å². The van der Waals surface area contributed by atoms with E-state index in [9.17, 15) is 4.79 Å². The Kier molecular flexibility index (Phi) is 3.98. The average Bonchev–Trinajstić information content (AvgIpc) is 3.11. The standard InChI is InChI=1S/C20H32O3/c1-12(2)9-20(10-13(20)3)19(21)23-11-22-18-16-5-14-4-15(7-16)8-17(18)6-14/h12-18H,4-11H2,1-3H3. The Hall–Kier alpha value is -0.570. The third kappa shape index (κ3) is 2.83. The summed E-state index contributed by atoms with van der Waals surface area (Å²) in [5, 5.41) is 0. The zero-order valence-electron chi connectivity index (χ0n) is 14.9. The van der Waals surface area contributed by atoms with E-state index in [1.54, 1.807) is 0 Å². The van der Waals surface area contributed by atoms with Crippen LogP contribution in [0.15, 0.2) is 0 Å². The van der Waals surface area contributed by atoms with Crippen LogP contribution in [0.2, 0.25) is 0 Å². The van der Waals surface area contributed by atoms with Crippen molar-refractivity contribution in [2.24, 2.45) is 40.9 Å². The van der Waals surface area contributed by atoms with Gasteiger partial charge in [0.1, 0.15) is 0 Å².